The molecule has 2 atom stereocenters. The smallest absolute Gasteiger partial charge is 0.261 e. The lowest BCUT2D eigenvalue weighted by molar-refractivity contribution is -0.128. The second-order valence-corrected chi connectivity index (χ2v) is 6.49. The Bertz CT molecular complexity index is 514. The van der Waals surface area contributed by atoms with Gasteiger partial charge in [0, 0.05) is 12.6 Å². The summed E-state index contributed by atoms with van der Waals surface area (Å²) in [6.07, 6.45) is 1.66. The molecule has 1 amide bonds. The average molecular weight is 341 g/mol. The molecule has 5 heteroatoms. The van der Waals surface area contributed by atoms with Crippen LogP contribution < -0.4 is 15.4 Å². The van der Waals surface area contributed by atoms with Gasteiger partial charge in [-0.1, -0.05) is 19.9 Å². The van der Waals surface area contributed by atoms with Gasteiger partial charge in [0.2, 0.25) is 0 Å². The molecule has 2 N–H and O–H groups in total. The van der Waals surface area contributed by atoms with Gasteiger partial charge >= 0.3 is 0 Å². The molecule has 0 saturated carbocycles. The molecule has 0 aliphatic carbocycles. The van der Waals surface area contributed by atoms with Crippen molar-refractivity contribution in [2.24, 2.45) is 0 Å². The molecule has 1 aromatic carbocycles. The molecule has 1 aliphatic rings. The largest absolute Gasteiger partial charge is 0.481 e. The molecule has 1 aromatic rings. The summed E-state index contributed by atoms with van der Waals surface area (Å²) in [6.45, 7) is 10.1. The molecule has 1 fully saturated rings. The molecule has 0 aromatic heterocycles. The van der Waals surface area contributed by atoms with Crippen LogP contribution in [0.2, 0.25) is 0 Å². The first kappa shape index (κ1) is 19.8. The molecule has 0 bridgehead atoms. The van der Waals surface area contributed by atoms with Crippen molar-refractivity contribution in [1.29, 1.82) is 0 Å². The van der Waals surface area contributed by atoms with E-state index in [4.69, 9.17) is 4.74 Å². The summed E-state index contributed by atoms with van der Waals surface area (Å²) in [6, 6.07) is 6.28. The highest BCUT2D eigenvalue weighted by atomic mass is 35.5. The number of rotatable bonds is 5. The first-order chi connectivity index (χ1) is 10.5. The van der Waals surface area contributed by atoms with E-state index in [0.717, 1.165) is 31.7 Å². The van der Waals surface area contributed by atoms with Gasteiger partial charge in [-0.15, -0.1) is 12.4 Å². The molecular formula is C18H29ClN2O2. The third kappa shape index (κ3) is 5.70. The Labute approximate surface area is 145 Å². The van der Waals surface area contributed by atoms with Gasteiger partial charge in [-0.3, -0.25) is 4.79 Å². The monoisotopic (exact) mass is 340 g/mol. The normalized spacial score (nSPS) is 18.9. The summed E-state index contributed by atoms with van der Waals surface area (Å²) in [4.78, 5) is 12.2. The molecule has 1 saturated heterocycles. The van der Waals surface area contributed by atoms with Crippen LogP contribution in [0.3, 0.4) is 0 Å². The molecule has 1 heterocycles. The van der Waals surface area contributed by atoms with Crippen molar-refractivity contribution >= 4 is 18.3 Å². The number of carbonyl (C=O) groups is 1. The van der Waals surface area contributed by atoms with Crippen LogP contribution >= 0.6 is 12.4 Å². The molecule has 23 heavy (non-hydrogen) atoms. The van der Waals surface area contributed by atoms with Crippen LogP contribution in [0.1, 0.15) is 50.7 Å². The van der Waals surface area contributed by atoms with Crippen LogP contribution in [-0.4, -0.2) is 31.1 Å². The number of piperidine rings is 1. The molecular weight excluding hydrogens is 312 g/mol. The van der Waals surface area contributed by atoms with Crippen molar-refractivity contribution in [3.63, 3.8) is 0 Å². The number of halogens is 1. The van der Waals surface area contributed by atoms with E-state index in [1.807, 2.05) is 12.1 Å². The van der Waals surface area contributed by atoms with Crippen LogP contribution in [0.25, 0.3) is 0 Å². The molecule has 0 radical (unpaired) electrons. The van der Waals surface area contributed by atoms with Crippen molar-refractivity contribution in [3.05, 3.63) is 29.3 Å². The van der Waals surface area contributed by atoms with Crippen LogP contribution in [-0.2, 0) is 4.79 Å². The number of amides is 1. The van der Waals surface area contributed by atoms with E-state index in [2.05, 4.69) is 37.5 Å². The maximum Gasteiger partial charge on any atom is 0.261 e. The standard InChI is InChI=1S/C18H28N2O2.ClH/c1-12(2)17-8-7-16(10-13(17)3)22-14(4)18(21)20-15-6-5-9-19-11-15;/h7-8,10,12,14-15,19H,5-6,9,11H2,1-4H3,(H,20,21);1H/t14?,15-;/m0./s1. The Kier molecular flexibility index (Phi) is 7.86. The van der Waals surface area contributed by atoms with Crippen LogP contribution in [0, 0.1) is 6.92 Å². The predicted octanol–water partition coefficient (Wildman–Crippen LogP) is 3.18. The Morgan fingerprint density at radius 1 is 1.35 bits per heavy atom. The van der Waals surface area contributed by atoms with Gasteiger partial charge in [0.05, 0.1) is 0 Å². The van der Waals surface area contributed by atoms with E-state index in [9.17, 15) is 4.79 Å². The molecule has 2 rings (SSSR count). The summed E-state index contributed by atoms with van der Waals surface area (Å²) in [5.74, 6) is 1.21. The summed E-state index contributed by atoms with van der Waals surface area (Å²) in [7, 11) is 0. The Hall–Kier alpha value is -1.26. The first-order valence-corrected chi connectivity index (χ1v) is 8.25. The van der Waals surface area contributed by atoms with E-state index < -0.39 is 6.10 Å². The highest BCUT2D eigenvalue weighted by Crippen LogP contribution is 2.24. The van der Waals surface area contributed by atoms with Crippen LogP contribution in [0.5, 0.6) is 5.75 Å². The quantitative estimate of drug-likeness (QED) is 0.865. The number of hydrogen-bond acceptors (Lipinski definition) is 3. The average Bonchev–Trinajstić information content (AvgIpc) is 2.47. The lowest BCUT2D eigenvalue weighted by atomic mass is 9.98. The lowest BCUT2D eigenvalue weighted by Gasteiger charge is -2.25. The number of hydrogen-bond donors (Lipinski definition) is 2. The molecule has 0 spiro atoms. The zero-order valence-corrected chi connectivity index (χ0v) is 15.3. The number of benzene rings is 1. The fraction of sp³-hybridized carbons (Fsp3) is 0.611. The van der Waals surface area contributed by atoms with Gasteiger partial charge in [-0.25, -0.2) is 0 Å². The van der Waals surface area contributed by atoms with E-state index in [1.54, 1.807) is 6.92 Å². The second-order valence-electron chi connectivity index (χ2n) is 6.49. The highest BCUT2D eigenvalue weighted by molar-refractivity contribution is 5.85. The molecule has 4 nitrogen and oxygen atoms in total. The number of ether oxygens (including phenoxy) is 1. The van der Waals surface area contributed by atoms with Crippen molar-refractivity contribution in [2.45, 2.75) is 58.6 Å². The van der Waals surface area contributed by atoms with Crippen molar-refractivity contribution in [3.8, 4) is 5.75 Å². The molecule has 130 valence electrons. The summed E-state index contributed by atoms with van der Waals surface area (Å²) >= 11 is 0. The fourth-order valence-corrected chi connectivity index (χ4v) is 2.92. The second kappa shape index (κ2) is 9.14. The number of carbonyl (C=O) groups excluding carboxylic acids is 1. The lowest BCUT2D eigenvalue weighted by Crippen LogP contribution is -2.49. The van der Waals surface area contributed by atoms with Gasteiger partial charge in [0.25, 0.3) is 5.91 Å². The molecule has 1 aliphatic heterocycles. The van der Waals surface area contributed by atoms with Gasteiger partial charge in [0.15, 0.2) is 6.10 Å². The topological polar surface area (TPSA) is 50.4 Å². The first-order valence-electron chi connectivity index (χ1n) is 8.25. The fourth-order valence-electron chi connectivity index (χ4n) is 2.92. The third-order valence-corrected chi connectivity index (χ3v) is 4.19. The SMILES string of the molecule is Cc1cc(OC(C)C(=O)N[C@H]2CCCNC2)ccc1C(C)C.Cl. The van der Waals surface area contributed by atoms with Crippen molar-refractivity contribution in [2.75, 3.05) is 13.1 Å². The molecule has 1 unspecified atom stereocenters. The van der Waals surface area contributed by atoms with Gasteiger partial charge < -0.3 is 15.4 Å². The Morgan fingerprint density at radius 3 is 2.65 bits per heavy atom. The van der Waals surface area contributed by atoms with Gasteiger partial charge in [-0.05, 0) is 62.4 Å². The van der Waals surface area contributed by atoms with E-state index in [-0.39, 0.29) is 24.4 Å². The maximum atomic E-state index is 12.2. The van der Waals surface area contributed by atoms with Crippen LogP contribution in [0.4, 0.5) is 0 Å². The van der Waals surface area contributed by atoms with Crippen molar-refractivity contribution < 1.29 is 9.53 Å². The van der Waals surface area contributed by atoms with E-state index in [1.165, 1.54) is 11.1 Å². The summed E-state index contributed by atoms with van der Waals surface area (Å²) in [5, 5.41) is 6.35. The summed E-state index contributed by atoms with van der Waals surface area (Å²) < 4.78 is 5.80. The Morgan fingerprint density at radius 2 is 2.09 bits per heavy atom. The van der Waals surface area contributed by atoms with E-state index >= 15 is 0 Å². The third-order valence-electron chi connectivity index (χ3n) is 4.19. The summed E-state index contributed by atoms with van der Waals surface area (Å²) in [5.41, 5.74) is 2.52. The zero-order chi connectivity index (χ0) is 16.1. The van der Waals surface area contributed by atoms with Crippen LogP contribution in [0.15, 0.2) is 18.2 Å². The minimum Gasteiger partial charge on any atom is -0.481 e. The minimum atomic E-state index is -0.480. The number of nitrogens with one attached hydrogen (secondary N) is 2. The van der Waals surface area contributed by atoms with E-state index in [0.29, 0.717) is 5.92 Å². The zero-order valence-electron chi connectivity index (χ0n) is 14.5. The minimum absolute atomic E-state index is 0. The predicted molar refractivity (Wildman–Crippen MR) is 96.6 cm³/mol. The van der Waals surface area contributed by atoms with Crippen molar-refractivity contribution in [1.82, 2.24) is 10.6 Å². The van der Waals surface area contributed by atoms with Gasteiger partial charge in [-0.2, -0.15) is 0 Å². The highest BCUT2D eigenvalue weighted by Gasteiger charge is 2.20. The van der Waals surface area contributed by atoms with Gasteiger partial charge in [0.1, 0.15) is 5.75 Å². The Balaban J connectivity index is 0.00000264. The maximum absolute atomic E-state index is 12.2. The number of aryl methyl sites for hydroxylation is 1.